The minimum absolute atomic E-state index is 0.171. The summed E-state index contributed by atoms with van der Waals surface area (Å²) >= 11 is 0. The highest BCUT2D eigenvalue weighted by Crippen LogP contribution is 2.33. The summed E-state index contributed by atoms with van der Waals surface area (Å²) in [5, 5.41) is 0. The second-order valence-corrected chi connectivity index (χ2v) is 9.71. The molecule has 3 nitrogen and oxygen atoms in total. The van der Waals surface area contributed by atoms with Crippen LogP contribution in [0, 0.1) is 11.6 Å². The molecule has 1 fully saturated rings. The topological polar surface area (TPSA) is 35.5 Å². The Kier molecular flexibility index (Phi) is 11.5. The van der Waals surface area contributed by atoms with Gasteiger partial charge in [0.05, 0.1) is 12.2 Å². The van der Waals surface area contributed by atoms with Crippen LogP contribution in [0.5, 0.6) is 11.5 Å². The quantitative estimate of drug-likeness (QED) is 0.152. The summed E-state index contributed by atoms with van der Waals surface area (Å²) in [6.07, 6.45) is 16.6. The first-order valence-electron chi connectivity index (χ1n) is 13.5. The molecule has 1 aliphatic rings. The normalized spacial score (nSPS) is 14.1. The first-order valence-corrected chi connectivity index (χ1v) is 13.5. The zero-order valence-corrected chi connectivity index (χ0v) is 21.1. The second kappa shape index (κ2) is 14.9. The van der Waals surface area contributed by atoms with Gasteiger partial charge in [-0.15, -0.1) is 0 Å². The number of hydrogen-bond donors (Lipinski definition) is 0. The van der Waals surface area contributed by atoms with E-state index in [1.165, 1.54) is 88.3 Å². The van der Waals surface area contributed by atoms with E-state index >= 15 is 0 Å². The third-order valence-corrected chi connectivity index (χ3v) is 6.94. The van der Waals surface area contributed by atoms with E-state index in [0.717, 1.165) is 19.3 Å². The number of rotatable bonds is 14. The Labute approximate surface area is 209 Å². The van der Waals surface area contributed by atoms with Gasteiger partial charge in [-0.3, -0.25) is 0 Å². The van der Waals surface area contributed by atoms with Gasteiger partial charge in [0.25, 0.3) is 0 Å². The van der Waals surface area contributed by atoms with E-state index in [-0.39, 0.29) is 5.75 Å². The van der Waals surface area contributed by atoms with E-state index in [0.29, 0.717) is 18.3 Å². The fraction of sp³-hybridized carbons (Fsp3) is 0.567. The second-order valence-electron chi connectivity index (χ2n) is 9.71. The van der Waals surface area contributed by atoms with Crippen molar-refractivity contribution in [2.75, 3.05) is 6.61 Å². The van der Waals surface area contributed by atoms with E-state index in [1.54, 1.807) is 12.1 Å². The Hall–Kier alpha value is -2.43. The van der Waals surface area contributed by atoms with Crippen molar-refractivity contribution in [2.24, 2.45) is 0 Å². The monoisotopic (exact) mass is 486 g/mol. The van der Waals surface area contributed by atoms with Crippen LogP contribution >= 0.6 is 0 Å². The molecule has 2 aromatic carbocycles. The van der Waals surface area contributed by atoms with Crippen LogP contribution in [0.15, 0.2) is 36.4 Å². The van der Waals surface area contributed by atoms with E-state index in [4.69, 9.17) is 9.47 Å². The number of carbonyl (C=O) groups is 1. The van der Waals surface area contributed by atoms with Crippen molar-refractivity contribution in [1.29, 1.82) is 0 Å². The fourth-order valence-electron chi connectivity index (χ4n) is 4.80. The van der Waals surface area contributed by atoms with Crippen LogP contribution in [-0.2, 0) is 0 Å². The van der Waals surface area contributed by atoms with Gasteiger partial charge in [-0.05, 0) is 55.0 Å². The first kappa shape index (κ1) is 27.2. The van der Waals surface area contributed by atoms with Crippen molar-refractivity contribution in [1.82, 2.24) is 0 Å². The molecule has 0 aromatic heterocycles. The van der Waals surface area contributed by atoms with Crippen molar-refractivity contribution in [3.05, 3.63) is 59.2 Å². The zero-order chi connectivity index (χ0) is 24.9. The Morgan fingerprint density at radius 1 is 0.800 bits per heavy atom. The van der Waals surface area contributed by atoms with Gasteiger partial charge in [0.1, 0.15) is 5.75 Å². The van der Waals surface area contributed by atoms with Crippen LogP contribution in [-0.4, -0.2) is 12.6 Å². The number of halogens is 2. The molecule has 192 valence electrons. The predicted octanol–water partition coefficient (Wildman–Crippen LogP) is 9.14. The summed E-state index contributed by atoms with van der Waals surface area (Å²) in [7, 11) is 0. The van der Waals surface area contributed by atoms with E-state index in [2.05, 4.69) is 6.92 Å². The maximum absolute atomic E-state index is 14.6. The van der Waals surface area contributed by atoms with Gasteiger partial charge in [0.15, 0.2) is 11.6 Å². The molecule has 2 aromatic rings. The van der Waals surface area contributed by atoms with Gasteiger partial charge < -0.3 is 9.47 Å². The minimum atomic E-state index is -1.24. The zero-order valence-electron chi connectivity index (χ0n) is 21.1. The number of unbranched alkanes of at least 4 members (excludes halogenated alkanes) is 8. The smallest absolute Gasteiger partial charge is 0.346 e. The van der Waals surface area contributed by atoms with Gasteiger partial charge in [0, 0.05) is 0 Å². The van der Waals surface area contributed by atoms with Crippen molar-refractivity contribution >= 4 is 5.97 Å². The molecule has 0 saturated heterocycles. The lowest BCUT2D eigenvalue weighted by Gasteiger charge is -2.22. The Bertz CT molecular complexity index is 905. The Morgan fingerprint density at radius 2 is 1.43 bits per heavy atom. The molecule has 35 heavy (non-hydrogen) atoms. The summed E-state index contributed by atoms with van der Waals surface area (Å²) in [6, 6.07) is 9.88. The Morgan fingerprint density at radius 3 is 2.09 bits per heavy atom. The maximum atomic E-state index is 14.6. The highest BCUT2D eigenvalue weighted by atomic mass is 19.2. The van der Waals surface area contributed by atoms with Crippen molar-refractivity contribution in [3.8, 4) is 11.5 Å². The molecule has 1 aliphatic carbocycles. The largest absolute Gasteiger partial charge is 0.490 e. The summed E-state index contributed by atoms with van der Waals surface area (Å²) in [5.74, 6) is -2.61. The fourth-order valence-corrected chi connectivity index (χ4v) is 4.80. The number of esters is 1. The number of hydrogen-bond acceptors (Lipinski definition) is 3. The lowest BCUT2D eigenvalue weighted by molar-refractivity contribution is 0.0728. The average molecular weight is 487 g/mol. The average Bonchev–Trinajstić information content (AvgIpc) is 2.88. The van der Waals surface area contributed by atoms with Crippen LogP contribution < -0.4 is 9.47 Å². The number of carbonyl (C=O) groups excluding carboxylic acids is 1. The molecule has 0 N–H and O–H groups in total. The molecule has 5 heteroatoms. The van der Waals surface area contributed by atoms with Crippen LogP contribution in [0.25, 0.3) is 0 Å². The third kappa shape index (κ3) is 8.63. The van der Waals surface area contributed by atoms with E-state index in [1.807, 2.05) is 12.1 Å². The summed E-state index contributed by atoms with van der Waals surface area (Å²) < 4.78 is 39.8. The molecule has 0 unspecified atom stereocenters. The molecule has 0 atom stereocenters. The highest BCUT2D eigenvalue weighted by molar-refractivity contribution is 5.91. The van der Waals surface area contributed by atoms with Crippen molar-refractivity contribution in [2.45, 2.75) is 103 Å². The van der Waals surface area contributed by atoms with Crippen LogP contribution in [0.2, 0.25) is 0 Å². The molecule has 0 aliphatic heterocycles. The van der Waals surface area contributed by atoms with E-state index < -0.39 is 23.2 Å². The molecule has 0 bridgehead atoms. The summed E-state index contributed by atoms with van der Waals surface area (Å²) in [4.78, 5) is 12.5. The number of ether oxygens (including phenoxy) is 2. The molecule has 0 amide bonds. The molecule has 3 rings (SSSR count). The number of benzene rings is 2. The lowest BCUT2D eigenvalue weighted by atomic mass is 9.84. The molecule has 0 radical (unpaired) electrons. The molecular weight excluding hydrogens is 446 g/mol. The molecular formula is C30H40F2O3. The maximum Gasteiger partial charge on any atom is 0.346 e. The van der Waals surface area contributed by atoms with Crippen LogP contribution in [0.3, 0.4) is 0 Å². The van der Waals surface area contributed by atoms with Gasteiger partial charge in [-0.1, -0.05) is 89.7 Å². The highest BCUT2D eigenvalue weighted by Gasteiger charge is 2.21. The van der Waals surface area contributed by atoms with Crippen molar-refractivity contribution in [3.63, 3.8) is 0 Å². The van der Waals surface area contributed by atoms with E-state index in [9.17, 15) is 13.6 Å². The van der Waals surface area contributed by atoms with Gasteiger partial charge in [0.2, 0.25) is 5.82 Å². The van der Waals surface area contributed by atoms with Crippen LogP contribution in [0.1, 0.15) is 119 Å². The molecule has 0 spiro atoms. The standard InChI is InChI=1S/C30H40F2O3/c1-2-3-4-5-6-7-8-9-13-22-34-27-21-20-26(28(31)29(27)32)30(33)35-25-18-16-24(17-19-25)23-14-11-10-12-15-23/h16-21,23H,2-15,22H2,1H3. The van der Waals surface area contributed by atoms with Crippen molar-refractivity contribution < 1.29 is 23.0 Å². The summed E-state index contributed by atoms with van der Waals surface area (Å²) in [5.41, 5.74) is 0.796. The Balaban J connectivity index is 1.43. The van der Waals surface area contributed by atoms with Crippen LogP contribution in [0.4, 0.5) is 8.78 Å². The van der Waals surface area contributed by atoms with Gasteiger partial charge >= 0.3 is 5.97 Å². The first-order chi connectivity index (χ1) is 17.1. The SMILES string of the molecule is CCCCCCCCCCCOc1ccc(C(=O)Oc2ccc(C3CCCCC3)cc2)c(F)c1F. The molecule has 1 saturated carbocycles. The molecule has 0 heterocycles. The predicted molar refractivity (Wildman–Crippen MR) is 136 cm³/mol. The lowest BCUT2D eigenvalue weighted by Crippen LogP contribution is -2.13. The minimum Gasteiger partial charge on any atom is -0.490 e. The third-order valence-electron chi connectivity index (χ3n) is 6.94. The van der Waals surface area contributed by atoms with Gasteiger partial charge in [-0.2, -0.15) is 4.39 Å². The summed E-state index contributed by atoms with van der Waals surface area (Å²) in [6.45, 7) is 2.54. The van der Waals surface area contributed by atoms with Gasteiger partial charge in [-0.25, -0.2) is 9.18 Å².